The zero-order valence-corrected chi connectivity index (χ0v) is 12.7. The monoisotopic (exact) mass is 284 g/mol. The average Bonchev–Trinajstić information content (AvgIpc) is 3.24. The van der Waals surface area contributed by atoms with Crippen molar-refractivity contribution in [1.29, 1.82) is 0 Å². The molecular weight excluding hydrogens is 256 g/mol. The minimum Gasteiger partial charge on any atom is -0.382 e. The molecule has 0 unspecified atom stereocenters. The van der Waals surface area contributed by atoms with E-state index in [0.29, 0.717) is 12.5 Å². The molecule has 1 saturated carbocycles. The number of guanidine groups is 1. The Morgan fingerprint density at radius 2 is 1.95 bits per heavy atom. The summed E-state index contributed by atoms with van der Waals surface area (Å²) < 4.78 is 5.27. The molecule has 1 aliphatic rings. The molecule has 0 saturated heterocycles. The maximum absolute atomic E-state index is 11.5. The summed E-state index contributed by atoms with van der Waals surface area (Å²) >= 11 is 0. The second-order valence-electron chi connectivity index (χ2n) is 4.92. The second kappa shape index (κ2) is 10.5. The van der Waals surface area contributed by atoms with Crippen molar-refractivity contribution in [3.05, 3.63) is 0 Å². The van der Waals surface area contributed by atoms with E-state index in [4.69, 9.17) is 4.74 Å². The van der Waals surface area contributed by atoms with Gasteiger partial charge in [-0.25, -0.2) is 0 Å². The van der Waals surface area contributed by atoms with Crippen LogP contribution in [0.15, 0.2) is 4.99 Å². The van der Waals surface area contributed by atoms with Crippen molar-refractivity contribution in [3.63, 3.8) is 0 Å². The lowest BCUT2D eigenvalue weighted by Crippen LogP contribution is -2.38. The number of carbonyl (C=O) groups is 1. The molecule has 0 aromatic rings. The standard InChI is InChI=1S/C14H28N4O2/c1-3-20-11-5-10-17-14(15-2)16-9-4-6-13(19)18-12-7-8-12/h12H,3-11H2,1-2H3,(H,18,19)(H2,15,16,17). The largest absolute Gasteiger partial charge is 0.382 e. The number of hydrogen-bond acceptors (Lipinski definition) is 3. The molecule has 0 radical (unpaired) electrons. The molecule has 0 aromatic carbocycles. The van der Waals surface area contributed by atoms with E-state index >= 15 is 0 Å². The SMILES string of the molecule is CCOCCCNC(=NC)NCCCC(=O)NC1CC1. The lowest BCUT2D eigenvalue weighted by Gasteiger charge is -2.11. The lowest BCUT2D eigenvalue weighted by atomic mass is 10.3. The van der Waals surface area contributed by atoms with Gasteiger partial charge in [0.05, 0.1) is 0 Å². The maximum atomic E-state index is 11.5. The highest BCUT2D eigenvalue weighted by atomic mass is 16.5. The lowest BCUT2D eigenvalue weighted by molar-refractivity contribution is -0.121. The topological polar surface area (TPSA) is 74.8 Å². The van der Waals surface area contributed by atoms with E-state index in [1.165, 1.54) is 0 Å². The third-order valence-electron chi connectivity index (χ3n) is 3.00. The van der Waals surface area contributed by atoms with Crippen LogP contribution < -0.4 is 16.0 Å². The van der Waals surface area contributed by atoms with E-state index in [1.54, 1.807) is 7.05 Å². The number of aliphatic imine (C=N–C) groups is 1. The molecule has 20 heavy (non-hydrogen) atoms. The summed E-state index contributed by atoms with van der Waals surface area (Å²) in [6.07, 6.45) is 4.63. The predicted molar refractivity (Wildman–Crippen MR) is 80.9 cm³/mol. The van der Waals surface area contributed by atoms with Crippen molar-refractivity contribution in [3.8, 4) is 0 Å². The van der Waals surface area contributed by atoms with E-state index in [-0.39, 0.29) is 5.91 Å². The van der Waals surface area contributed by atoms with Crippen LogP contribution in [0, 0.1) is 0 Å². The molecule has 0 bridgehead atoms. The van der Waals surface area contributed by atoms with Crippen LogP contribution in [-0.2, 0) is 9.53 Å². The van der Waals surface area contributed by atoms with Crippen LogP contribution in [0.3, 0.4) is 0 Å². The quantitative estimate of drug-likeness (QED) is 0.313. The van der Waals surface area contributed by atoms with Gasteiger partial charge in [0, 0.05) is 45.8 Å². The molecular formula is C14H28N4O2. The van der Waals surface area contributed by atoms with Gasteiger partial charge >= 0.3 is 0 Å². The molecule has 6 nitrogen and oxygen atoms in total. The summed E-state index contributed by atoms with van der Waals surface area (Å²) in [6.45, 7) is 5.11. The highest BCUT2D eigenvalue weighted by molar-refractivity contribution is 5.79. The fraction of sp³-hybridized carbons (Fsp3) is 0.857. The van der Waals surface area contributed by atoms with Gasteiger partial charge in [-0.2, -0.15) is 0 Å². The smallest absolute Gasteiger partial charge is 0.220 e. The highest BCUT2D eigenvalue weighted by Gasteiger charge is 2.22. The molecule has 1 rings (SSSR count). The molecule has 1 fully saturated rings. The Labute approximate surface area is 121 Å². The Morgan fingerprint density at radius 1 is 1.25 bits per heavy atom. The van der Waals surface area contributed by atoms with Gasteiger partial charge in [-0.1, -0.05) is 0 Å². The summed E-state index contributed by atoms with van der Waals surface area (Å²) in [5.74, 6) is 0.943. The van der Waals surface area contributed by atoms with E-state index in [1.807, 2.05) is 6.92 Å². The molecule has 1 amide bonds. The van der Waals surface area contributed by atoms with Crippen LogP contribution in [0.2, 0.25) is 0 Å². The fourth-order valence-corrected chi connectivity index (χ4v) is 1.73. The van der Waals surface area contributed by atoms with Crippen LogP contribution in [0.25, 0.3) is 0 Å². The van der Waals surface area contributed by atoms with Crippen molar-refractivity contribution in [2.24, 2.45) is 4.99 Å². The second-order valence-corrected chi connectivity index (χ2v) is 4.92. The predicted octanol–water partition coefficient (Wildman–Crippen LogP) is 0.637. The Morgan fingerprint density at radius 3 is 2.55 bits per heavy atom. The van der Waals surface area contributed by atoms with Crippen LogP contribution in [0.4, 0.5) is 0 Å². The normalized spacial score (nSPS) is 15.0. The summed E-state index contributed by atoms with van der Waals surface area (Å²) in [5, 5.41) is 9.40. The highest BCUT2D eigenvalue weighted by Crippen LogP contribution is 2.18. The van der Waals surface area contributed by atoms with E-state index in [2.05, 4.69) is 20.9 Å². The van der Waals surface area contributed by atoms with Crippen molar-refractivity contribution in [2.75, 3.05) is 33.4 Å². The molecule has 0 aromatic heterocycles. The minimum absolute atomic E-state index is 0.161. The Bertz CT molecular complexity index is 304. The summed E-state index contributed by atoms with van der Waals surface area (Å²) in [4.78, 5) is 15.6. The van der Waals surface area contributed by atoms with Gasteiger partial charge in [0.15, 0.2) is 5.96 Å². The fourth-order valence-electron chi connectivity index (χ4n) is 1.73. The van der Waals surface area contributed by atoms with Gasteiger partial charge in [-0.05, 0) is 32.6 Å². The maximum Gasteiger partial charge on any atom is 0.220 e. The van der Waals surface area contributed by atoms with Gasteiger partial charge < -0.3 is 20.7 Å². The van der Waals surface area contributed by atoms with Gasteiger partial charge in [0.2, 0.25) is 5.91 Å². The molecule has 0 atom stereocenters. The molecule has 0 aliphatic heterocycles. The van der Waals surface area contributed by atoms with Gasteiger partial charge in [-0.15, -0.1) is 0 Å². The third-order valence-corrected chi connectivity index (χ3v) is 3.00. The first-order chi connectivity index (χ1) is 9.76. The molecule has 3 N–H and O–H groups in total. The van der Waals surface area contributed by atoms with Crippen molar-refractivity contribution in [2.45, 2.75) is 45.1 Å². The number of nitrogens with zero attached hydrogens (tertiary/aromatic N) is 1. The average molecular weight is 284 g/mol. The summed E-state index contributed by atoms with van der Waals surface area (Å²) in [7, 11) is 1.75. The number of carbonyl (C=O) groups excluding carboxylic acids is 1. The number of hydrogen-bond donors (Lipinski definition) is 3. The van der Waals surface area contributed by atoms with Crippen LogP contribution in [-0.4, -0.2) is 51.3 Å². The van der Waals surface area contributed by atoms with Crippen molar-refractivity contribution >= 4 is 11.9 Å². The number of rotatable bonds is 10. The van der Waals surface area contributed by atoms with Crippen molar-refractivity contribution in [1.82, 2.24) is 16.0 Å². The first-order valence-electron chi connectivity index (χ1n) is 7.58. The van der Waals surface area contributed by atoms with Crippen molar-refractivity contribution < 1.29 is 9.53 Å². The first-order valence-corrected chi connectivity index (χ1v) is 7.58. The molecule has 6 heteroatoms. The summed E-state index contributed by atoms with van der Waals surface area (Å²) in [5.41, 5.74) is 0. The van der Waals surface area contributed by atoms with Crippen LogP contribution in [0.1, 0.15) is 39.0 Å². The van der Waals surface area contributed by atoms with Crippen LogP contribution in [0.5, 0.6) is 0 Å². The molecule has 0 heterocycles. The Kier molecular flexibility index (Phi) is 8.78. The third kappa shape index (κ3) is 8.74. The number of ether oxygens (including phenoxy) is 1. The van der Waals surface area contributed by atoms with E-state index in [0.717, 1.165) is 57.9 Å². The first kappa shape index (κ1) is 16.8. The Hall–Kier alpha value is -1.30. The summed E-state index contributed by atoms with van der Waals surface area (Å²) in [6, 6.07) is 0.454. The van der Waals surface area contributed by atoms with Crippen LogP contribution >= 0.6 is 0 Å². The van der Waals surface area contributed by atoms with Gasteiger partial charge in [0.1, 0.15) is 0 Å². The number of nitrogens with one attached hydrogen (secondary N) is 3. The zero-order chi connectivity index (χ0) is 14.6. The van der Waals surface area contributed by atoms with Gasteiger partial charge in [0.25, 0.3) is 0 Å². The molecule has 0 spiro atoms. The molecule has 1 aliphatic carbocycles. The van der Waals surface area contributed by atoms with Gasteiger partial charge in [-0.3, -0.25) is 9.79 Å². The van der Waals surface area contributed by atoms with E-state index < -0.39 is 0 Å². The minimum atomic E-state index is 0.161. The number of amides is 1. The Balaban J connectivity index is 1.95. The zero-order valence-electron chi connectivity index (χ0n) is 12.7. The molecule has 116 valence electrons. The van der Waals surface area contributed by atoms with E-state index in [9.17, 15) is 4.79 Å².